The van der Waals surface area contributed by atoms with Crippen LogP contribution in [0.4, 0.5) is 0 Å². The molecule has 138 valence electrons. The zero-order chi connectivity index (χ0) is 19.1. The Bertz CT molecular complexity index is 805. The number of carbonyl (C=O) groups is 2. The van der Waals surface area contributed by atoms with Crippen molar-refractivity contribution in [2.75, 3.05) is 19.8 Å². The average molecular weight is 397 g/mol. The van der Waals surface area contributed by atoms with Crippen LogP contribution in [0.5, 0.6) is 11.5 Å². The van der Waals surface area contributed by atoms with E-state index >= 15 is 0 Å². The number of Topliss-reactive ketones (excluding diaryl/α,β-unsaturated/α-hetero) is 1. The van der Waals surface area contributed by atoms with Crippen molar-refractivity contribution in [2.24, 2.45) is 0 Å². The predicted molar refractivity (Wildman–Crippen MR) is 99.9 cm³/mol. The lowest BCUT2D eigenvalue weighted by Gasteiger charge is -2.12. The normalized spacial score (nSPS) is 10.3. The van der Waals surface area contributed by atoms with Gasteiger partial charge in [0.1, 0.15) is 0 Å². The number of ether oxygens (including phenoxy) is 3. The van der Waals surface area contributed by atoms with E-state index in [4.69, 9.17) is 37.4 Å². The molecule has 0 aliphatic rings. The van der Waals surface area contributed by atoms with Crippen molar-refractivity contribution in [1.29, 1.82) is 0 Å². The second kappa shape index (κ2) is 9.46. The van der Waals surface area contributed by atoms with Gasteiger partial charge in [0.05, 0.1) is 28.8 Å². The number of ketones is 1. The molecule has 0 N–H and O–H groups in total. The molecular weight excluding hydrogens is 379 g/mol. The summed E-state index contributed by atoms with van der Waals surface area (Å²) in [5.74, 6) is -0.0345. The maximum absolute atomic E-state index is 12.2. The van der Waals surface area contributed by atoms with Crippen LogP contribution in [-0.2, 0) is 4.74 Å². The van der Waals surface area contributed by atoms with Gasteiger partial charge in [0.15, 0.2) is 23.9 Å². The summed E-state index contributed by atoms with van der Waals surface area (Å²) in [4.78, 5) is 24.3. The molecule has 7 heteroatoms. The average Bonchev–Trinajstić information content (AvgIpc) is 2.63. The van der Waals surface area contributed by atoms with Gasteiger partial charge in [-0.3, -0.25) is 4.79 Å². The number of esters is 1. The highest BCUT2D eigenvalue weighted by molar-refractivity contribution is 6.42. The van der Waals surface area contributed by atoms with Gasteiger partial charge in [-0.1, -0.05) is 23.2 Å². The molecule has 0 fully saturated rings. The monoisotopic (exact) mass is 396 g/mol. The third-order valence-electron chi connectivity index (χ3n) is 3.36. The Morgan fingerprint density at radius 2 is 1.50 bits per heavy atom. The second-order valence-electron chi connectivity index (χ2n) is 5.16. The SMILES string of the molecule is CCOc1ccc(C(=O)OCC(=O)c2ccc(Cl)c(Cl)c2)cc1OCC. The van der Waals surface area contributed by atoms with Gasteiger partial charge >= 0.3 is 5.97 Å². The van der Waals surface area contributed by atoms with Gasteiger partial charge in [-0.05, 0) is 50.2 Å². The van der Waals surface area contributed by atoms with Crippen molar-refractivity contribution < 1.29 is 23.8 Å². The molecule has 2 aromatic carbocycles. The highest BCUT2D eigenvalue weighted by Gasteiger charge is 2.15. The minimum absolute atomic E-state index is 0.261. The van der Waals surface area contributed by atoms with E-state index in [1.165, 1.54) is 24.3 Å². The quantitative estimate of drug-likeness (QED) is 0.472. The Morgan fingerprint density at radius 3 is 2.15 bits per heavy atom. The number of carbonyl (C=O) groups excluding carboxylic acids is 2. The summed E-state index contributed by atoms with van der Waals surface area (Å²) in [6.07, 6.45) is 0. The van der Waals surface area contributed by atoms with Crippen LogP contribution >= 0.6 is 23.2 Å². The Morgan fingerprint density at radius 1 is 0.846 bits per heavy atom. The maximum atomic E-state index is 12.2. The zero-order valence-corrected chi connectivity index (χ0v) is 15.9. The second-order valence-corrected chi connectivity index (χ2v) is 5.97. The summed E-state index contributed by atoms with van der Waals surface area (Å²) in [5, 5.41) is 0.606. The minimum atomic E-state index is -0.637. The molecule has 26 heavy (non-hydrogen) atoms. The Hall–Kier alpha value is -2.24. The molecule has 0 atom stereocenters. The van der Waals surface area contributed by atoms with Crippen molar-refractivity contribution in [3.05, 3.63) is 57.6 Å². The molecule has 0 unspecified atom stereocenters. The lowest BCUT2D eigenvalue weighted by Crippen LogP contribution is -2.14. The van der Waals surface area contributed by atoms with E-state index < -0.39 is 12.6 Å². The molecule has 0 bridgehead atoms. The fraction of sp³-hybridized carbons (Fsp3) is 0.263. The van der Waals surface area contributed by atoms with Crippen molar-refractivity contribution in [3.8, 4) is 11.5 Å². The molecule has 0 radical (unpaired) electrons. The van der Waals surface area contributed by atoms with Crippen molar-refractivity contribution in [1.82, 2.24) is 0 Å². The molecule has 0 heterocycles. The Labute approximate surface area is 161 Å². The molecule has 0 saturated heterocycles. The lowest BCUT2D eigenvalue weighted by atomic mass is 10.1. The van der Waals surface area contributed by atoms with Crippen LogP contribution in [0.1, 0.15) is 34.6 Å². The fourth-order valence-corrected chi connectivity index (χ4v) is 2.44. The van der Waals surface area contributed by atoms with Gasteiger partial charge in [-0.15, -0.1) is 0 Å². The van der Waals surface area contributed by atoms with Gasteiger partial charge in [-0.25, -0.2) is 4.79 Å². The third-order valence-corrected chi connectivity index (χ3v) is 4.09. The largest absolute Gasteiger partial charge is 0.490 e. The zero-order valence-electron chi connectivity index (χ0n) is 14.4. The summed E-state index contributed by atoms with van der Waals surface area (Å²) in [6, 6.07) is 9.18. The number of hydrogen-bond donors (Lipinski definition) is 0. The van der Waals surface area contributed by atoms with E-state index in [2.05, 4.69) is 0 Å². The van der Waals surface area contributed by atoms with Crippen LogP contribution in [-0.4, -0.2) is 31.6 Å². The van der Waals surface area contributed by atoms with Crippen molar-refractivity contribution in [3.63, 3.8) is 0 Å². The molecule has 0 amide bonds. The Balaban J connectivity index is 2.05. The van der Waals surface area contributed by atoms with Crippen LogP contribution in [0.2, 0.25) is 10.0 Å². The van der Waals surface area contributed by atoms with Gasteiger partial charge in [0.2, 0.25) is 0 Å². The first-order valence-electron chi connectivity index (χ1n) is 8.01. The minimum Gasteiger partial charge on any atom is -0.490 e. The topological polar surface area (TPSA) is 61.8 Å². The first-order valence-corrected chi connectivity index (χ1v) is 8.76. The summed E-state index contributed by atoms with van der Waals surface area (Å²) in [7, 11) is 0. The molecule has 5 nitrogen and oxygen atoms in total. The number of halogens is 2. The van der Waals surface area contributed by atoms with Gasteiger partial charge in [0, 0.05) is 5.56 Å². The summed E-state index contributed by atoms with van der Waals surface area (Å²) < 4.78 is 16.0. The van der Waals surface area contributed by atoms with E-state index in [1.807, 2.05) is 13.8 Å². The van der Waals surface area contributed by atoms with E-state index in [0.717, 1.165) is 0 Å². The van der Waals surface area contributed by atoms with Crippen molar-refractivity contribution in [2.45, 2.75) is 13.8 Å². The molecule has 0 aliphatic heterocycles. The standard InChI is InChI=1S/C19H18Cl2O5/c1-3-24-17-8-6-13(10-18(17)25-4-2)19(23)26-11-16(22)12-5-7-14(20)15(21)9-12/h5-10H,3-4,11H2,1-2H3. The van der Waals surface area contributed by atoms with E-state index in [1.54, 1.807) is 12.1 Å². The van der Waals surface area contributed by atoms with Crippen LogP contribution in [0, 0.1) is 0 Å². The highest BCUT2D eigenvalue weighted by atomic mass is 35.5. The van der Waals surface area contributed by atoms with E-state index in [9.17, 15) is 9.59 Å². The molecular formula is C19H18Cl2O5. The van der Waals surface area contributed by atoms with Gasteiger partial charge in [0.25, 0.3) is 0 Å². The smallest absolute Gasteiger partial charge is 0.338 e. The highest BCUT2D eigenvalue weighted by Crippen LogP contribution is 2.29. The molecule has 0 aromatic heterocycles. The van der Waals surface area contributed by atoms with Crippen LogP contribution < -0.4 is 9.47 Å². The van der Waals surface area contributed by atoms with Gasteiger partial charge in [-0.2, -0.15) is 0 Å². The molecule has 0 saturated carbocycles. The number of hydrogen-bond acceptors (Lipinski definition) is 5. The van der Waals surface area contributed by atoms with Crippen LogP contribution in [0.3, 0.4) is 0 Å². The summed E-state index contributed by atoms with van der Waals surface area (Å²) in [6.45, 7) is 4.17. The fourth-order valence-electron chi connectivity index (χ4n) is 2.15. The molecule has 2 rings (SSSR count). The van der Waals surface area contributed by atoms with Crippen LogP contribution in [0.25, 0.3) is 0 Å². The Kier molecular flexibility index (Phi) is 7.30. The third kappa shape index (κ3) is 5.13. The van der Waals surface area contributed by atoms with Gasteiger partial charge < -0.3 is 14.2 Å². The summed E-state index contributed by atoms with van der Waals surface area (Å²) in [5.41, 5.74) is 0.577. The van der Waals surface area contributed by atoms with E-state index in [0.29, 0.717) is 35.3 Å². The number of benzene rings is 2. The first-order chi connectivity index (χ1) is 12.5. The van der Waals surface area contributed by atoms with Crippen molar-refractivity contribution >= 4 is 35.0 Å². The predicted octanol–water partition coefficient (Wildman–Crippen LogP) is 4.83. The molecule has 0 aliphatic carbocycles. The molecule has 2 aromatic rings. The van der Waals surface area contributed by atoms with E-state index in [-0.39, 0.29) is 16.4 Å². The maximum Gasteiger partial charge on any atom is 0.338 e. The lowest BCUT2D eigenvalue weighted by molar-refractivity contribution is 0.0474. The van der Waals surface area contributed by atoms with Crippen LogP contribution in [0.15, 0.2) is 36.4 Å². The first kappa shape index (κ1) is 20.1. The summed E-state index contributed by atoms with van der Waals surface area (Å²) >= 11 is 11.7. The number of rotatable bonds is 8. The molecule has 0 spiro atoms.